The van der Waals surface area contributed by atoms with Crippen molar-refractivity contribution in [3.05, 3.63) is 63.9 Å². The van der Waals surface area contributed by atoms with Gasteiger partial charge in [-0.3, -0.25) is 4.79 Å². The normalized spacial score (nSPS) is 10.4. The topological polar surface area (TPSA) is 52.3 Å². The van der Waals surface area contributed by atoms with Gasteiger partial charge in [0.05, 0.1) is 4.47 Å². The van der Waals surface area contributed by atoms with Gasteiger partial charge in [0.15, 0.2) is 17.3 Å². The first-order valence-electron chi connectivity index (χ1n) is 6.51. The number of hydrogen-bond acceptors (Lipinski definition) is 3. The smallest absolute Gasteiger partial charge is 0.169 e. The zero-order chi connectivity index (χ0) is 15.2. The number of Topliss-reactive ketones (excluding diaryl/α,β-unsaturated/α-hetero) is 1. The van der Waals surface area contributed by atoms with E-state index in [0.717, 1.165) is 5.56 Å². The van der Waals surface area contributed by atoms with Gasteiger partial charge in [-0.05, 0) is 40.2 Å². The Bertz CT molecular complexity index is 608. The SMILES string of the molecule is NCCC(=O)c1cc(F)c(OCc2ccccc2)c(Br)c1. The maximum Gasteiger partial charge on any atom is 0.169 e. The number of carbonyl (C=O) groups excluding carboxylic acids is 1. The highest BCUT2D eigenvalue weighted by Gasteiger charge is 2.14. The maximum absolute atomic E-state index is 14.1. The average Bonchev–Trinajstić information content (AvgIpc) is 2.47. The van der Waals surface area contributed by atoms with Crippen molar-refractivity contribution in [3.8, 4) is 5.75 Å². The van der Waals surface area contributed by atoms with Gasteiger partial charge >= 0.3 is 0 Å². The lowest BCUT2D eigenvalue weighted by Gasteiger charge is -2.11. The highest BCUT2D eigenvalue weighted by Crippen LogP contribution is 2.30. The van der Waals surface area contributed by atoms with Crippen molar-refractivity contribution < 1.29 is 13.9 Å². The highest BCUT2D eigenvalue weighted by atomic mass is 79.9. The maximum atomic E-state index is 14.1. The van der Waals surface area contributed by atoms with Gasteiger partial charge < -0.3 is 10.5 Å². The molecule has 0 saturated carbocycles. The van der Waals surface area contributed by atoms with Crippen LogP contribution in [0.15, 0.2) is 46.9 Å². The number of nitrogens with two attached hydrogens (primary N) is 1. The summed E-state index contributed by atoms with van der Waals surface area (Å²) in [5, 5.41) is 0. The van der Waals surface area contributed by atoms with Crippen LogP contribution in [-0.2, 0) is 6.61 Å². The third-order valence-corrected chi connectivity index (χ3v) is 3.51. The molecule has 0 aliphatic rings. The van der Waals surface area contributed by atoms with Gasteiger partial charge in [-0.25, -0.2) is 4.39 Å². The Morgan fingerprint density at radius 3 is 2.57 bits per heavy atom. The number of rotatable bonds is 6. The second-order valence-corrected chi connectivity index (χ2v) is 5.36. The molecule has 0 fully saturated rings. The van der Waals surface area contributed by atoms with E-state index in [1.54, 1.807) is 6.07 Å². The first kappa shape index (κ1) is 15.7. The first-order chi connectivity index (χ1) is 10.1. The molecule has 0 aliphatic heterocycles. The van der Waals surface area contributed by atoms with Gasteiger partial charge in [0, 0.05) is 12.0 Å². The molecule has 0 radical (unpaired) electrons. The van der Waals surface area contributed by atoms with E-state index >= 15 is 0 Å². The molecule has 0 amide bonds. The molecule has 2 aromatic carbocycles. The van der Waals surface area contributed by atoms with Gasteiger partial charge in [0.2, 0.25) is 0 Å². The monoisotopic (exact) mass is 351 g/mol. The third-order valence-electron chi connectivity index (χ3n) is 2.92. The lowest BCUT2D eigenvalue weighted by molar-refractivity contribution is 0.0985. The molecule has 0 unspecified atom stereocenters. The fourth-order valence-corrected chi connectivity index (χ4v) is 2.41. The molecule has 2 rings (SSSR count). The van der Waals surface area contributed by atoms with E-state index in [1.165, 1.54) is 6.07 Å². The third kappa shape index (κ3) is 4.12. The van der Waals surface area contributed by atoms with E-state index < -0.39 is 5.82 Å². The molecule has 0 heterocycles. The van der Waals surface area contributed by atoms with Crippen LogP contribution in [0, 0.1) is 5.82 Å². The summed E-state index contributed by atoms with van der Waals surface area (Å²) in [6.07, 6.45) is 0.191. The van der Waals surface area contributed by atoms with Crippen molar-refractivity contribution in [1.29, 1.82) is 0 Å². The summed E-state index contributed by atoms with van der Waals surface area (Å²) >= 11 is 3.24. The molecule has 2 aromatic rings. The summed E-state index contributed by atoms with van der Waals surface area (Å²) in [4.78, 5) is 11.7. The van der Waals surface area contributed by atoms with Gasteiger partial charge in [0.25, 0.3) is 0 Å². The van der Waals surface area contributed by atoms with Crippen LogP contribution in [0.4, 0.5) is 4.39 Å². The van der Waals surface area contributed by atoms with E-state index in [9.17, 15) is 9.18 Å². The van der Waals surface area contributed by atoms with Crippen molar-refractivity contribution in [2.75, 3.05) is 6.54 Å². The number of hydrogen-bond donors (Lipinski definition) is 1. The molecule has 2 N–H and O–H groups in total. The summed E-state index contributed by atoms with van der Waals surface area (Å²) in [5.41, 5.74) is 6.56. The van der Waals surface area contributed by atoms with E-state index in [-0.39, 0.29) is 36.7 Å². The minimum atomic E-state index is -0.569. The Balaban J connectivity index is 2.15. The quantitative estimate of drug-likeness (QED) is 0.807. The molecule has 21 heavy (non-hydrogen) atoms. The minimum absolute atomic E-state index is 0.100. The number of halogens is 2. The van der Waals surface area contributed by atoms with Crippen LogP contribution in [0.1, 0.15) is 22.3 Å². The minimum Gasteiger partial charge on any atom is -0.485 e. The van der Waals surface area contributed by atoms with Crippen molar-refractivity contribution >= 4 is 21.7 Å². The molecule has 0 bridgehead atoms. The first-order valence-corrected chi connectivity index (χ1v) is 7.30. The van der Waals surface area contributed by atoms with Crippen molar-refractivity contribution in [2.45, 2.75) is 13.0 Å². The zero-order valence-corrected chi connectivity index (χ0v) is 12.9. The molecule has 0 saturated heterocycles. The van der Waals surface area contributed by atoms with Crippen LogP contribution in [0.2, 0.25) is 0 Å². The largest absolute Gasteiger partial charge is 0.485 e. The Morgan fingerprint density at radius 2 is 1.95 bits per heavy atom. The van der Waals surface area contributed by atoms with E-state index in [1.807, 2.05) is 30.3 Å². The molecule has 5 heteroatoms. The molecular formula is C16H15BrFNO2. The Hall–Kier alpha value is -1.72. The molecule has 110 valence electrons. The van der Waals surface area contributed by atoms with Crippen molar-refractivity contribution in [1.82, 2.24) is 0 Å². The molecule has 0 spiro atoms. The van der Waals surface area contributed by atoms with E-state index in [0.29, 0.717) is 4.47 Å². The Morgan fingerprint density at radius 1 is 1.24 bits per heavy atom. The van der Waals surface area contributed by atoms with Crippen molar-refractivity contribution in [2.24, 2.45) is 5.73 Å². The van der Waals surface area contributed by atoms with Gasteiger partial charge in [-0.2, -0.15) is 0 Å². The van der Waals surface area contributed by atoms with Crippen LogP contribution < -0.4 is 10.5 Å². The number of carbonyl (C=O) groups is 1. The van der Waals surface area contributed by atoms with Crippen LogP contribution in [0.3, 0.4) is 0 Å². The summed E-state index contributed by atoms with van der Waals surface area (Å²) in [7, 11) is 0. The molecule has 3 nitrogen and oxygen atoms in total. The van der Waals surface area contributed by atoms with Crippen LogP contribution in [0.5, 0.6) is 5.75 Å². The zero-order valence-electron chi connectivity index (χ0n) is 11.3. The van der Waals surface area contributed by atoms with E-state index in [2.05, 4.69) is 15.9 Å². The number of ketones is 1. The standard InChI is InChI=1S/C16H15BrFNO2/c17-13-8-12(15(20)6-7-19)9-14(18)16(13)21-10-11-4-2-1-3-5-11/h1-5,8-9H,6-7,10,19H2. The second kappa shape index (κ2) is 7.33. The van der Waals surface area contributed by atoms with Crippen molar-refractivity contribution in [3.63, 3.8) is 0 Å². The second-order valence-electron chi connectivity index (χ2n) is 4.51. The predicted molar refractivity (Wildman–Crippen MR) is 82.9 cm³/mol. The van der Waals surface area contributed by atoms with E-state index in [4.69, 9.17) is 10.5 Å². The number of ether oxygens (including phenoxy) is 1. The lowest BCUT2D eigenvalue weighted by atomic mass is 10.1. The van der Waals surface area contributed by atoms with Gasteiger partial charge in [0.1, 0.15) is 6.61 Å². The summed E-state index contributed by atoms with van der Waals surface area (Å²) in [6.45, 7) is 0.497. The van der Waals surface area contributed by atoms with Gasteiger partial charge in [-0.15, -0.1) is 0 Å². The van der Waals surface area contributed by atoms with Gasteiger partial charge in [-0.1, -0.05) is 30.3 Å². The predicted octanol–water partition coefficient (Wildman–Crippen LogP) is 3.70. The summed E-state index contributed by atoms with van der Waals surface area (Å²) in [6, 6.07) is 12.2. The molecule has 0 aliphatic carbocycles. The fraction of sp³-hybridized carbons (Fsp3) is 0.188. The highest BCUT2D eigenvalue weighted by molar-refractivity contribution is 9.10. The lowest BCUT2D eigenvalue weighted by Crippen LogP contribution is -2.09. The Kier molecular flexibility index (Phi) is 5.47. The fourth-order valence-electron chi connectivity index (χ4n) is 1.86. The summed E-state index contributed by atoms with van der Waals surface area (Å²) < 4.78 is 20.0. The van der Waals surface area contributed by atoms with Crippen LogP contribution >= 0.6 is 15.9 Å². The molecular weight excluding hydrogens is 337 g/mol. The molecule has 0 aromatic heterocycles. The summed E-state index contributed by atoms with van der Waals surface area (Å²) in [5.74, 6) is -0.657. The average molecular weight is 352 g/mol. The van der Waals surface area contributed by atoms with Crippen LogP contribution in [0.25, 0.3) is 0 Å². The number of benzene rings is 2. The van der Waals surface area contributed by atoms with Crippen LogP contribution in [-0.4, -0.2) is 12.3 Å². The molecule has 0 atom stereocenters. The Labute approximate surface area is 131 Å².